The summed E-state index contributed by atoms with van der Waals surface area (Å²) < 4.78 is 7.04. The minimum Gasteiger partial charge on any atom is -0.462 e. The molecule has 0 spiro atoms. The Kier molecular flexibility index (Phi) is 4.69. The van der Waals surface area contributed by atoms with Crippen LogP contribution in [0.2, 0.25) is 0 Å². The van der Waals surface area contributed by atoms with E-state index in [0.717, 1.165) is 37.1 Å². The van der Waals surface area contributed by atoms with Crippen LogP contribution in [0.5, 0.6) is 0 Å². The van der Waals surface area contributed by atoms with E-state index in [1.54, 1.807) is 19.2 Å². The maximum absolute atomic E-state index is 12.9. The molecular formula is C20H27N3O3. The van der Waals surface area contributed by atoms with Gasteiger partial charge >= 0.3 is 5.97 Å². The van der Waals surface area contributed by atoms with Crippen LogP contribution >= 0.6 is 0 Å². The van der Waals surface area contributed by atoms with Crippen molar-refractivity contribution in [2.24, 2.45) is 0 Å². The standard InChI is InChI=1S/C20H27N3O3/c1-5-26-19(25)14-12-23(20(2,3)4)16-11-17(22-8-6-7-9-22)15(21)10-13(16)18(14)24/h10-12H,5-9,21H2,1-4H3. The van der Waals surface area contributed by atoms with Crippen LogP contribution in [-0.2, 0) is 10.3 Å². The normalized spacial score (nSPS) is 14.8. The number of rotatable bonds is 3. The number of hydrogen-bond donors (Lipinski definition) is 1. The molecule has 1 fully saturated rings. The summed E-state index contributed by atoms with van der Waals surface area (Å²) in [6, 6.07) is 3.69. The van der Waals surface area contributed by atoms with Crippen LogP contribution in [0.25, 0.3) is 10.9 Å². The summed E-state index contributed by atoms with van der Waals surface area (Å²) in [5.41, 5.74) is 7.98. The Morgan fingerprint density at radius 1 is 1.23 bits per heavy atom. The van der Waals surface area contributed by atoms with Crippen molar-refractivity contribution >= 4 is 28.2 Å². The highest BCUT2D eigenvalue weighted by Crippen LogP contribution is 2.32. The number of fused-ring (bicyclic) bond motifs is 1. The molecule has 0 atom stereocenters. The van der Waals surface area contributed by atoms with Crippen LogP contribution in [0.3, 0.4) is 0 Å². The van der Waals surface area contributed by atoms with E-state index in [1.807, 2.05) is 31.4 Å². The molecule has 0 saturated carbocycles. The molecule has 6 heteroatoms. The van der Waals surface area contributed by atoms with Gasteiger partial charge in [0.25, 0.3) is 0 Å². The zero-order valence-electron chi connectivity index (χ0n) is 16.0. The Labute approximate surface area is 153 Å². The van der Waals surface area contributed by atoms with Gasteiger partial charge in [-0.1, -0.05) is 0 Å². The smallest absolute Gasteiger partial charge is 0.343 e. The van der Waals surface area contributed by atoms with Gasteiger partial charge in [0.1, 0.15) is 5.56 Å². The SMILES string of the molecule is CCOC(=O)c1cn(C(C)(C)C)c2cc(N3CCCC3)c(N)cc2c1=O. The molecule has 0 radical (unpaired) electrons. The van der Waals surface area contributed by atoms with Crippen molar-refractivity contribution in [3.63, 3.8) is 0 Å². The van der Waals surface area contributed by atoms with Crippen molar-refractivity contribution in [2.45, 2.75) is 46.1 Å². The van der Waals surface area contributed by atoms with E-state index in [2.05, 4.69) is 4.90 Å². The monoisotopic (exact) mass is 357 g/mol. The van der Waals surface area contributed by atoms with Crippen LogP contribution in [0.15, 0.2) is 23.1 Å². The van der Waals surface area contributed by atoms with Gasteiger partial charge in [-0.15, -0.1) is 0 Å². The van der Waals surface area contributed by atoms with E-state index >= 15 is 0 Å². The van der Waals surface area contributed by atoms with Crippen LogP contribution in [0.4, 0.5) is 11.4 Å². The van der Waals surface area contributed by atoms with E-state index in [1.165, 1.54) is 0 Å². The molecule has 26 heavy (non-hydrogen) atoms. The third-order valence-electron chi connectivity index (χ3n) is 4.82. The molecule has 3 rings (SSSR count). The number of aromatic nitrogens is 1. The molecule has 6 nitrogen and oxygen atoms in total. The van der Waals surface area contributed by atoms with Crippen molar-refractivity contribution < 1.29 is 9.53 Å². The quantitative estimate of drug-likeness (QED) is 0.674. The molecule has 1 aliphatic heterocycles. The molecule has 0 amide bonds. The van der Waals surface area contributed by atoms with Crippen LogP contribution < -0.4 is 16.1 Å². The first-order valence-electron chi connectivity index (χ1n) is 9.15. The maximum atomic E-state index is 12.9. The summed E-state index contributed by atoms with van der Waals surface area (Å²) in [6.07, 6.45) is 3.91. The summed E-state index contributed by atoms with van der Waals surface area (Å²) >= 11 is 0. The number of nitrogens with two attached hydrogens (primary N) is 1. The fourth-order valence-corrected chi connectivity index (χ4v) is 3.52. The number of anilines is 2. The highest BCUT2D eigenvalue weighted by molar-refractivity contribution is 5.96. The Morgan fingerprint density at radius 2 is 1.88 bits per heavy atom. The van der Waals surface area contributed by atoms with E-state index in [-0.39, 0.29) is 23.1 Å². The Balaban J connectivity index is 2.31. The van der Waals surface area contributed by atoms with Crippen LogP contribution in [0, 0.1) is 0 Å². The third-order valence-corrected chi connectivity index (χ3v) is 4.82. The molecule has 0 aliphatic carbocycles. The van der Waals surface area contributed by atoms with Crippen molar-refractivity contribution in [3.05, 3.63) is 34.1 Å². The number of carbonyl (C=O) groups is 1. The fourth-order valence-electron chi connectivity index (χ4n) is 3.52. The first kappa shape index (κ1) is 18.3. The van der Waals surface area contributed by atoms with Gasteiger partial charge < -0.3 is 19.9 Å². The molecule has 2 N–H and O–H groups in total. The zero-order chi connectivity index (χ0) is 19.1. The first-order valence-corrected chi connectivity index (χ1v) is 9.15. The highest BCUT2D eigenvalue weighted by Gasteiger charge is 2.24. The predicted molar refractivity (Wildman–Crippen MR) is 105 cm³/mol. The van der Waals surface area contributed by atoms with Gasteiger partial charge in [-0.2, -0.15) is 0 Å². The molecule has 1 aromatic carbocycles. The summed E-state index contributed by atoms with van der Waals surface area (Å²) in [7, 11) is 0. The highest BCUT2D eigenvalue weighted by atomic mass is 16.5. The number of benzene rings is 1. The number of nitrogens with zero attached hydrogens (tertiary/aromatic N) is 2. The van der Waals surface area contributed by atoms with Gasteiger partial charge in [0.05, 0.1) is 23.5 Å². The van der Waals surface area contributed by atoms with E-state index in [0.29, 0.717) is 11.1 Å². The minimum absolute atomic E-state index is 0.0441. The van der Waals surface area contributed by atoms with Gasteiger partial charge in [-0.25, -0.2) is 4.79 Å². The van der Waals surface area contributed by atoms with Gasteiger partial charge in [0.2, 0.25) is 5.43 Å². The van der Waals surface area contributed by atoms with E-state index < -0.39 is 5.97 Å². The van der Waals surface area contributed by atoms with Gasteiger partial charge in [0.15, 0.2) is 0 Å². The lowest BCUT2D eigenvalue weighted by Gasteiger charge is -2.28. The van der Waals surface area contributed by atoms with Gasteiger partial charge in [-0.05, 0) is 52.7 Å². The summed E-state index contributed by atoms with van der Waals surface area (Å²) in [6.45, 7) is 10.0. The predicted octanol–water partition coefficient (Wildman–Crippen LogP) is 3.12. The number of esters is 1. The van der Waals surface area contributed by atoms with Crippen molar-refractivity contribution in [1.29, 1.82) is 0 Å². The molecule has 0 bridgehead atoms. The molecule has 140 valence electrons. The van der Waals surface area contributed by atoms with Crippen LogP contribution in [0.1, 0.15) is 50.9 Å². The van der Waals surface area contributed by atoms with Gasteiger partial charge in [-0.3, -0.25) is 4.79 Å². The number of carbonyl (C=O) groups excluding carboxylic acids is 1. The average molecular weight is 357 g/mol. The van der Waals surface area contributed by atoms with Crippen molar-refractivity contribution in [1.82, 2.24) is 4.57 Å². The van der Waals surface area contributed by atoms with Crippen molar-refractivity contribution in [3.8, 4) is 0 Å². The molecular weight excluding hydrogens is 330 g/mol. The number of pyridine rings is 1. The molecule has 1 aromatic heterocycles. The van der Waals surface area contributed by atoms with Crippen LogP contribution in [-0.4, -0.2) is 30.2 Å². The van der Waals surface area contributed by atoms with Gasteiger partial charge in [0, 0.05) is 30.2 Å². The lowest BCUT2D eigenvalue weighted by molar-refractivity contribution is 0.0524. The Hall–Kier alpha value is -2.50. The molecule has 1 aliphatic rings. The molecule has 2 heterocycles. The topological polar surface area (TPSA) is 77.6 Å². The minimum atomic E-state index is -0.598. The molecule has 0 unspecified atom stereocenters. The lowest BCUT2D eigenvalue weighted by Crippen LogP contribution is -2.29. The molecule has 1 saturated heterocycles. The second-order valence-electron chi connectivity index (χ2n) is 7.76. The Bertz CT molecular complexity index is 903. The van der Waals surface area contributed by atoms with E-state index in [9.17, 15) is 9.59 Å². The zero-order valence-corrected chi connectivity index (χ0v) is 16.0. The first-order chi connectivity index (χ1) is 12.2. The number of ether oxygens (including phenoxy) is 1. The third kappa shape index (κ3) is 3.16. The summed E-state index contributed by atoms with van der Waals surface area (Å²) in [4.78, 5) is 27.5. The average Bonchev–Trinajstić information content (AvgIpc) is 3.08. The number of nitrogen functional groups attached to an aromatic ring is 1. The van der Waals surface area contributed by atoms with Crippen molar-refractivity contribution in [2.75, 3.05) is 30.3 Å². The lowest BCUT2D eigenvalue weighted by atomic mass is 10.0. The maximum Gasteiger partial charge on any atom is 0.343 e. The Morgan fingerprint density at radius 3 is 2.46 bits per heavy atom. The largest absolute Gasteiger partial charge is 0.462 e. The van der Waals surface area contributed by atoms with E-state index in [4.69, 9.17) is 10.5 Å². The second kappa shape index (κ2) is 6.67. The molecule has 2 aromatic rings. The second-order valence-corrected chi connectivity index (χ2v) is 7.76. The fraction of sp³-hybridized carbons (Fsp3) is 0.500. The summed E-state index contributed by atoms with van der Waals surface area (Å²) in [5.74, 6) is -0.598. The summed E-state index contributed by atoms with van der Waals surface area (Å²) in [5, 5.41) is 0.450. The number of hydrogen-bond acceptors (Lipinski definition) is 5.